The van der Waals surface area contributed by atoms with E-state index in [2.05, 4.69) is 11.4 Å². The normalized spacial score (nSPS) is 15.3. The molecule has 7 nitrogen and oxygen atoms in total. The zero-order chi connectivity index (χ0) is 17.6. The number of esters is 1. The summed E-state index contributed by atoms with van der Waals surface area (Å²) in [5.74, 6) is -0.847. The van der Waals surface area contributed by atoms with Crippen molar-refractivity contribution in [1.29, 1.82) is 10.5 Å². The van der Waals surface area contributed by atoms with Crippen LogP contribution in [0.25, 0.3) is 0 Å². The molecule has 0 bridgehead atoms. The van der Waals surface area contributed by atoms with E-state index in [1.165, 1.54) is 0 Å². The van der Waals surface area contributed by atoms with Crippen LogP contribution in [-0.2, 0) is 14.3 Å². The van der Waals surface area contributed by atoms with Gasteiger partial charge in [-0.3, -0.25) is 4.79 Å². The SMILES string of the molecule is C[C@@](C#N)(NC(=O)COC(=O)COc1ccccc1C#N)C1CC1. The van der Waals surface area contributed by atoms with Crippen molar-refractivity contribution < 1.29 is 19.1 Å². The Morgan fingerprint density at radius 1 is 1.29 bits per heavy atom. The van der Waals surface area contributed by atoms with Crippen molar-refractivity contribution in [3.63, 3.8) is 0 Å². The topological polar surface area (TPSA) is 112 Å². The van der Waals surface area contributed by atoms with Gasteiger partial charge >= 0.3 is 5.97 Å². The molecule has 0 aliphatic heterocycles. The van der Waals surface area contributed by atoms with Gasteiger partial charge in [0.2, 0.25) is 0 Å². The largest absolute Gasteiger partial charge is 0.481 e. The van der Waals surface area contributed by atoms with E-state index in [0.717, 1.165) is 12.8 Å². The smallest absolute Gasteiger partial charge is 0.344 e. The number of hydrogen-bond donors (Lipinski definition) is 1. The number of rotatable bonds is 7. The third-order valence-corrected chi connectivity index (χ3v) is 3.74. The molecule has 1 N–H and O–H groups in total. The third kappa shape index (κ3) is 4.47. The number of benzene rings is 1. The zero-order valence-corrected chi connectivity index (χ0v) is 13.2. The molecule has 7 heteroatoms. The van der Waals surface area contributed by atoms with E-state index in [9.17, 15) is 9.59 Å². The quantitative estimate of drug-likeness (QED) is 0.755. The van der Waals surface area contributed by atoms with Gasteiger partial charge in [0, 0.05) is 0 Å². The van der Waals surface area contributed by atoms with Gasteiger partial charge in [0.1, 0.15) is 17.4 Å². The number of carbonyl (C=O) groups excluding carboxylic acids is 2. The van der Waals surface area contributed by atoms with Crippen molar-refractivity contribution in [2.75, 3.05) is 13.2 Å². The number of ether oxygens (including phenoxy) is 2. The van der Waals surface area contributed by atoms with Crippen molar-refractivity contribution in [1.82, 2.24) is 5.32 Å². The van der Waals surface area contributed by atoms with Crippen molar-refractivity contribution in [3.05, 3.63) is 29.8 Å². The molecule has 0 unspecified atom stereocenters. The highest BCUT2D eigenvalue weighted by Crippen LogP contribution is 2.39. The van der Waals surface area contributed by atoms with Gasteiger partial charge in [-0.2, -0.15) is 10.5 Å². The second-order valence-corrected chi connectivity index (χ2v) is 5.69. The molecule has 0 saturated heterocycles. The van der Waals surface area contributed by atoms with Crippen molar-refractivity contribution in [3.8, 4) is 17.9 Å². The Labute approximate surface area is 139 Å². The van der Waals surface area contributed by atoms with Crippen LogP contribution in [0.4, 0.5) is 0 Å². The lowest BCUT2D eigenvalue weighted by Gasteiger charge is -2.22. The first kappa shape index (κ1) is 17.3. The van der Waals surface area contributed by atoms with Gasteiger partial charge in [0.05, 0.1) is 11.6 Å². The molecule has 1 aromatic carbocycles. The third-order valence-electron chi connectivity index (χ3n) is 3.74. The number of nitriles is 2. The molecule has 0 spiro atoms. The number of hydrogen-bond acceptors (Lipinski definition) is 6. The summed E-state index contributed by atoms with van der Waals surface area (Å²) in [6, 6.07) is 10.5. The molecule has 1 amide bonds. The van der Waals surface area contributed by atoms with Crippen molar-refractivity contribution >= 4 is 11.9 Å². The highest BCUT2D eigenvalue weighted by atomic mass is 16.6. The van der Waals surface area contributed by atoms with Crippen molar-refractivity contribution in [2.24, 2.45) is 5.92 Å². The lowest BCUT2D eigenvalue weighted by molar-refractivity contribution is -0.150. The lowest BCUT2D eigenvalue weighted by atomic mass is 9.98. The van der Waals surface area contributed by atoms with E-state index in [0.29, 0.717) is 5.56 Å². The summed E-state index contributed by atoms with van der Waals surface area (Å²) >= 11 is 0. The molecule has 2 rings (SSSR count). The summed E-state index contributed by atoms with van der Waals surface area (Å²) in [4.78, 5) is 23.4. The van der Waals surface area contributed by atoms with E-state index in [1.54, 1.807) is 31.2 Å². The average Bonchev–Trinajstić information content (AvgIpc) is 3.43. The van der Waals surface area contributed by atoms with Crippen LogP contribution in [0.5, 0.6) is 5.75 Å². The second-order valence-electron chi connectivity index (χ2n) is 5.69. The number of amides is 1. The minimum atomic E-state index is -0.925. The van der Waals surface area contributed by atoms with Gasteiger partial charge in [-0.15, -0.1) is 0 Å². The predicted molar refractivity (Wildman–Crippen MR) is 82.5 cm³/mol. The maximum atomic E-state index is 11.8. The minimum Gasteiger partial charge on any atom is -0.481 e. The Bertz CT molecular complexity index is 715. The van der Waals surface area contributed by atoms with Crippen molar-refractivity contribution in [2.45, 2.75) is 25.3 Å². The van der Waals surface area contributed by atoms with Gasteiger partial charge in [0.15, 0.2) is 13.2 Å². The molecule has 0 radical (unpaired) electrons. The molecule has 1 saturated carbocycles. The Morgan fingerprint density at radius 2 is 2.00 bits per heavy atom. The van der Waals surface area contributed by atoms with Gasteiger partial charge in [-0.1, -0.05) is 12.1 Å². The molecule has 1 aromatic rings. The molecule has 1 aliphatic rings. The first-order valence-electron chi connectivity index (χ1n) is 7.48. The fourth-order valence-electron chi connectivity index (χ4n) is 2.22. The summed E-state index contributed by atoms with van der Waals surface area (Å²) in [5.41, 5.74) is -0.622. The lowest BCUT2D eigenvalue weighted by Crippen LogP contribution is -2.48. The highest BCUT2D eigenvalue weighted by Gasteiger charge is 2.43. The number of carbonyl (C=O) groups is 2. The summed E-state index contributed by atoms with van der Waals surface area (Å²) < 4.78 is 10.0. The highest BCUT2D eigenvalue weighted by molar-refractivity contribution is 5.81. The van der Waals surface area contributed by atoms with Gasteiger partial charge in [0.25, 0.3) is 5.91 Å². The van der Waals surface area contributed by atoms with E-state index < -0.39 is 30.6 Å². The van der Waals surface area contributed by atoms with Crippen LogP contribution in [0.2, 0.25) is 0 Å². The Hall–Kier alpha value is -3.06. The van der Waals surface area contributed by atoms with E-state index in [4.69, 9.17) is 20.0 Å². The molecule has 0 aromatic heterocycles. The Kier molecular flexibility index (Phi) is 5.39. The molecule has 0 heterocycles. The number of nitrogens with one attached hydrogen (secondary N) is 1. The average molecular weight is 327 g/mol. The van der Waals surface area contributed by atoms with Crippen LogP contribution in [0.3, 0.4) is 0 Å². The maximum Gasteiger partial charge on any atom is 0.344 e. The fourth-order valence-corrected chi connectivity index (χ4v) is 2.22. The molecule has 1 atom stereocenters. The van der Waals surface area contributed by atoms with Crippen LogP contribution in [0.1, 0.15) is 25.3 Å². The van der Waals surface area contributed by atoms with Crippen LogP contribution in [0.15, 0.2) is 24.3 Å². The summed E-state index contributed by atoms with van der Waals surface area (Å²) in [5, 5.41) is 20.7. The monoisotopic (exact) mass is 327 g/mol. The summed E-state index contributed by atoms with van der Waals surface area (Å²) in [6.45, 7) is 0.766. The van der Waals surface area contributed by atoms with E-state index >= 15 is 0 Å². The molecule has 1 fully saturated rings. The second kappa shape index (κ2) is 7.47. The molecular formula is C17H17N3O4. The van der Waals surface area contributed by atoms with Gasteiger partial charge < -0.3 is 14.8 Å². The van der Waals surface area contributed by atoms with E-state index in [1.807, 2.05) is 6.07 Å². The number of nitrogens with zero attached hydrogens (tertiary/aromatic N) is 2. The maximum absolute atomic E-state index is 11.8. The van der Waals surface area contributed by atoms with E-state index in [-0.39, 0.29) is 11.7 Å². The molecular weight excluding hydrogens is 310 g/mol. The molecule has 24 heavy (non-hydrogen) atoms. The Morgan fingerprint density at radius 3 is 2.62 bits per heavy atom. The van der Waals surface area contributed by atoms with Gasteiger partial charge in [-0.25, -0.2) is 4.79 Å². The van der Waals surface area contributed by atoms with Crippen LogP contribution < -0.4 is 10.1 Å². The summed E-state index contributed by atoms with van der Waals surface area (Å²) in [6.07, 6.45) is 1.80. The van der Waals surface area contributed by atoms with Gasteiger partial charge in [-0.05, 0) is 37.8 Å². The summed E-state index contributed by atoms with van der Waals surface area (Å²) in [7, 11) is 0. The minimum absolute atomic E-state index is 0.146. The first-order chi connectivity index (χ1) is 11.5. The molecule has 1 aliphatic carbocycles. The molecule has 124 valence electrons. The van der Waals surface area contributed by atoms with Crippen LogP contribution in [-0.4, -0.2) is 30.6 Å². The predicted octanol–water partition coefficient (Wildman–Crippen LogP) is 1.29. The van der Waals surface area contributed by atoms with Crippen LogP contribution >= 0.6 is 0 Å². The van der Waals surface area contributed by atoms with Crippen LogP contribution in [0, 0.1) is 28.6 Å². The fraction of sp³-hybridized carbons (Fsp3) is 0.412. The zero-order valence-electron chi connectivity index (χ0n) is 13.2. The standard InChI is InChI=1S/C17H17N3O4/c1-17(11-19,13-6-7-13)20-15(21)9-24-16(22)10-23-14-5-3-2-4-12(14)8-18/h2-5,13H,6-7,9-10H2,1H3,(H,20,21)/t17-/m0/s1. The number of para-hydroxylation sites is 1. The first-order valence-corrected chi connectivity index (χ1v) is 7.48. The Balaban J connectivity index is 1.76.